The van der Waals surface area contributed by atoms with Crippen LogP contribution >= 0.6 is 23.5 Å². The molecule has 0 spiro atoms. The fraction of sp³-hybridized carbons (Fsp3) is 0.304. The van der Waals surface area contributed by atoms with Crippen LogP contribution in [-0.4, -0.2) is 9.49 Å². The number of rotatable bonds is 2. The number of nitriles is 4. The van der Waals surface area contributed by atoms with Gasteiger partial charge in [-0.2, -0.15) is 21.0 Å². The Kier molecular flexibility index (Phi) is 4.59. The number of fused-ring (bicyclic) bond motifs is 4. The van der Waals surface area contributed by atoms with Gasteiger partial charge in [-0.25, -0.2) is 0 Å². The van der Waals surface area contributed by atoms with Crippen molar-refractivity contribution in [2.24, 2.45) is 0 Å². The number of allylic oxidation sites excluding steroid dienone is 8. The van der Waals surface area contributed by atoms with Gasteiger partial charge in [0, 0.05) is 9.81 Å². The van der Waals surface area contributed by atoms with Crippen molar-refractivity contribution in [2.75, 3.05) is 0 Å². The van der Waals surface area contributed by atoms with Crippen molar-refractivity contribution in [3.8, 4) is 24.3 Å². The Balaban J connectivity index is 1.86. The number of hydrogen-bond acceptors (Lipinski definition) is 6. The zero-order chi connectivity index (χ0) is 20.8. The second kappa shape index (κ2) is 6.86. The van der Waals surface area contributed by atoms with Crippen LogP contribution in [0.2, 0.25) is 0 Å². The second-order valence-corrected chi connectivity index (χ2v) is 10.5. The Bertz CT molecular complexity index is 1070. The molecule has 2 aliphatic carbocycles. The molecule has 0 radical (unpaired) electrons. The molecule has 0 unspecified atom stereocenters. The maximum Gasteiger partial charge on any atom is 0.130 e. The Hall–Kier alpha value is -2.90. The van der Waals surface area contributed by atoms with Gasteiger partial charge in [0.2, 0.25) is 0 Å². The summed E-state index contributed by atoms with van der Waals surface area (Å²) < 4.78 is -0.521. The van der Waals surface area contributed by atoms with Crippen molar-refractivity contribution < 1.29 is 0 Å². The van der Waals surface area contributed by atoms with Crippen LogP contribution in [0.5, 0.6) is 0 Å². The molecule has 0 amide bonds. The van der Waals surface area contributed by atoms with E-state index in [-0.39, 0.29) is 20.6 Å². The topological polar surface area (TPSA) is 95.2 Å². The molecule has 1 saturated carbocycles. The second-order valence-electron chi connectivity index (χ2n) is 7.57. The van der Waals surface area contributed by atoms with Gasteiger partial charge in [-0.05, 0) is 79.7 Å². The van der Waals surface area contributed by atoms with Crippen LogP contribution in [0.1, 0.15) is 33.1 Å². The molecule has 2 atom stereocenters. The Labute approximate surface area is 178 Å². The molecule has 6 heteroatoms. The van der Waals surface area contributed by atoms with E-state index < -0.39 is 0 Å². The molecule has 0 N–H and O–H groups in total. The number of nitrogens with zero attached hydrogens (tertiary/aromatic N) is 4. The molecule has 0 aromatic rings. The minimum atomic E-state index is -0.260. The highest BCUT2D eigenvalue weighted by atomic mass is 32.2. The zero-order valence-electron chi connectivity index (χ0n) is 16.0. The minimum absolute atomic E-state index is 0.107. The van der Waals surface area contributed by atoms with Gasteiger partial charge in [0.05, 0.1) is 9.49 Å². The third-order valence-electron chi connectivity index (χ3n) is 6.08. The maximum atomic E-state index is 9.16. The average Bonchev–Trinajstić information content (AvgIpc) is 3.40. The van der Waals surface area contributed by atoms with Crippen LogP contribution in [-0.2, 0) is 0 Å². The SMILES string of the molecule is C[C@@]12SC(C=C(C#N)C#N)=CC1=C1CCCC1=C1C=C(C=C(C#N)C#N)S[C@]12C. The van der Waals surface area contributed by atoms with Crippen LogP contribution in [0.15, 0.2) is 67.6 Å². The lowest BCUT2D eigenvalue weighted by Gasteiger charge is -2.47. The standard InChI is InChI=1S/C23H16N4S2/c1-22-20(8-16(28-22)6-14(10-24)11-25)18-4-3-5-19(18)21-9-17(29-23(21,22)2)7-15(12-26)13-27/h6-9H,3-5H2,1-2H3/t22-,23-/m1/s1. The largest absolute Gasteiger partial charge is 0.192 e. The molecule has 2 aliphatic heterocycles. The van der Waals surface area contributed by atoms with E-state index in [2.05, 4.69) is 26.0 Å². The van der Waals surface area contributed by atoms with Gasteiger partial charge >= 0.3 is 0 Å². The molecular formula is C23H16N4S2. The summed E-state index contributed by atoms with van der Waals surface area (Å²) in [5.74, 6) is 0. The van der Waals surface area contributed by atoms with Crippen molar-refractivity contribution in [1.29, 1.82) is 21.0 Å². The molecule has 0 aromatic heterocycles. The van der Waals surface area contributed by atoms with Crippen LogP contribution in [0, 0.1) is 45.3 Å². The predicted octanol–water partition coefficient (Wildman–Crippen LogP) is 5.50. The van der Waals surface area contributed by atoms with Crippen molar-refractivity contribution in [2.45, 2.75) is 42.6 Å². The summed E-state index contributed by atoms with van der Waals surface area (Å²) in [6.07, 6.45) is 10.8. The van der Waals surface area contributed by atoms with E-state index in [0.29, 0.717) is 0 Å². The van der Waals surface area contributed by atoms with Crippen molar-refractivity contribution in [1.82, 2.24) is 0 Å². The molecule has 2 heterocycles. The lowest BCUT2D eigenvalue weighted by molar-refractivity contribution is 0.607. The van der Waals surface area contributed by atoms with Crippen molar-refractivity contribution in [3.05, 3.63) is 67.6 Å². The lowest BCUT2D eigenvalue weighted by atomic mass is 9.72. The summed E-state index contributed by atoms with van der Waals surface area (Å²) in [6, 6.07) is 7.80. The quantitative estimate of drug-likeness (QED) is 0.556. The Morgan fingerprint density at radius 1 is 0.793 bits per heavy atom. The molecule has 1 fully saturated rings. The van der Waals surface area contributed by atoms with E-state index in [1.807, 2.05) is 24.3 Å². The molecule has 0 saturated heterocycles. The third kappa shape index (κ3) is 2.73. The predicted molar refractivity (Wildman–Crippen MR) is 115 cm³/mol. The van der Waals surface area contributed by atoms with Crippen LogP contribution in [0.3, 0.4) is 0 Å². The number of thioether (sulfide) groups is 2. The summed E-state index contributed by atoms with van der Waals surface area (Å²) in [5.41, 5.74) is 5.55. The summed E-state index contributed by atoms with van der Waals surface area (Å²) in [4.78, 5) is 1.86. The first-order valence-electron chi connectivity index (χ1n) is 9.23. The van der Waals surface area contributed by atoms with E-state index in [1.165, 1.54) is 22.3 Å². The molecular weight excluding hydrogens is 396 g/mol. The summed E-state index contributed by atoms with van der Waals surface area (Å²) in [7, 11) is 0. The first kappa shape index (κ1) is 19.4. The van der Waals surface area contributed by atoms with Crippen molar-refractivity contribution >= 4 is 23.5 Å². The number of hydrogen-bond donors (Lipinski definition) is 0. The Morgan fingerprint density at radius 2 is 1.17 bits per heavy atom. The first-order chi connectivity index (χ1) is 13.9. The summed E-state index contributed by atoms with van der Waals surface area (Å²) in [5, 5.41) is 36.6. The van der Waals surface area contributed by atoms with Gasteiger partial charge in [0.15, 0.2) is 0 Å². The van der Waals surface area contributed by atoms with Gasteiger partial charge in [0.1, 0.15) is 35.4 Å². The van der Waals surface area contributed by atoms with E-state index in [0.717, 1.165) is 29.1 Å². The minimum Gasteiger partial charge on any atom is -0.192 e. The highest BCUT2D eigenvalue weighted by Gasteiger charge is 2.58. The molecule has 4 aliphatic rings. The summed E-state index contributed by atoms with van der Waals surface area (Å²) >= 11 is 3.40. The van der Waals surface area contributed by atoms with E-state index >= 15 is 0 Å². The molecule has 140 valence electrons. The molecule has 0 bridgehead atoms. The monoisotopic (exact) mass is 412 g/mol. The zero-order valence-corrected chi connectivity index (χ0v) is 17.7. The van der Waals surface area contributed by atoms with E-state index in [9.17, 15) is 0 Å². The first-order valence-corrected chi connectivity index (χ1v) is 10.9. The van der Waals surface area contributed by atoms with Crippen LogP contribution in [0.25, 0.3) is 0 Å². The van der Waals surface area contributed by atoms with Crippen LogP contribution < -0.4 is 0 Å². The smallest absolute Gasteiger partial charge is 0.130 e. The van der Waals surface area contributed by atoms with Crippen molar-refractivity contribution in [3.63, 3.8) is 0 Å². The highest BCUT2D eigenvalue weighted by molar-refractivity contribution is 8.09. The molecule has 0 aromatic carbocycles. The van der Waals surface area contributed by atoms with Crippen LogP contribution in [0.4, 0.5) is 0 Å². The van der Waals surface area contributed by atoms with Gasteiger partial charge in [-0.3, -0.25) is 0 Å². The fourth-order valence-corrected chi connectivity index (χ4v) is 7.70. The van der Waals surface area contributed by atoms with Gasteiger partial charge in [-0.1, -0.05) is 0 Å². The average molecular weight is 413 g/mol. The summed E-state index contributed by atoms with van der Waals surface area (Å²) in [6.45, 7) is 4.46. The maximum absolute atomic E-state index is 9.16. The molecule has 4 nitrogen and oxygen atoms in total. The third-order valence-corrected chi connectivity index (χ3v) is 9.22. The molecule has 29 heavy (non-hydrogen) atoms. The Morgan fingerprint density at radius 3 is 1.52 bits per heavy atom. The van der Waals surface area contributed by atoms with E-state index in [1.54, 1.807) is 35.7 Å². The van der Waals surface area contributed by atoms with Gasteiger partial charge in [0.25, 0.3) is 0 Å². The van der Waals surface area contributed by atoms with Gasteiger partial charge in [-0.15, -0.1) is 23.5 Å². The lowest BCUT2D eigenvalue weighted by Crippen LogP contribution is -2.47. The normalized spacial score (nSPS) is 28.6. The van der Waals surface area contributed by atoms with Gasteiger partial charge < -0.3 is 0 Å². The molecule has 4 rings (SSSR count). The van der Waals surface area contributed by atoms with E-state index in [4.69, 9.17) is 21.0 Å². The fourth-order valence-electron chi connectivity index (χ4n) is 4.60. The highest BCUT2D eigenvalue weighted by Crippen LogP contribution is 2.68.